The van der Waals surface area contributed by atoms with Crippen molar-refractivity contribution in [1.29, 1.82) is 0 Å². The monoisotopic (exact) mass is 343 g/mol. The van der Waals surface area contributed by atoms with E-state index in [0.717, 1.165) is 0 Å². The Morgan fingerprint density at radius 2 is 2.08 bits per heavy atom. The molecule has 0 aliphatic heterocycles. The molecule has 0 atom stereocenters. The Morgan fingerprint density at radius 3 is 2.88 bits per heavy atom. The lowest BCUT2D eigenvalue weighted by Gasteiger charge is -2.05. The van der Waals surface area contributed by atoms with Gasteiger partial charge in [0, 0.05) is 22.3 Å². The number of anilines is 1. The molecule has 0 aliphatic rings. The molecule has 1 aromatic heterocycles. The highest BCUT2D eigenvalue weighted by Crippen LogP contribution is 2.30. The van der Waals surface area contributed by atoms with Crippen LogP contribution in [0.25, 0.3) is 11.3 Å². The average Bonchev–Trinajstić information content (AvgIpc) is 3.07. The van der Waals surface area contributed by atoms with Gasteiger partial charge in [-0.2, -0.15) is 5.10 Å². The maximum absolute atomic E-state index is 12.3. The van der Waals surface area contributed by atoms with Gasteiger partial charge in [-0.05, 0) is 36.4 Å². The Hall–Kier alpha value is -2.99. The van der Waals surface area contributed by atoms with Gasteiger partial charge in [-0.1, -0.05) is 17.7 Å². The zero-order chi connectivity index (χ0) is 17.1. The number of ether oxygens (including phenoxy) is 1. The molecule has 7 heteroatoms. The Kier molecular flexibility index (Phi) is 4.39. The molecular formula is C17H14ClN3O3. The van der Waals surface area contributed by atoms with Crippen LogP contribution in [0.4, 0.5) is 5.69 Å². The molecule has 6 nitrogen and oxygen atoms in total. The zero-order valence-corrected chi connectivity index (χ0v) is 13.5. The number of phenols is 1. The second-order valence-corrected chi connectivity index (χ2v) is 5.45. The number of phenolic OH excluding ortho intramolecular Hbond substituents is 1. The van der Waals surface area contributed by atoms with Crippen LogP contribution in [0.5, 0.6) is 11.5 Å². The van der Waals surface area contributed by atoms with Gasteiger partial charge in [-0.25, -0.2) is 0 Å². The van der Waals surface area contributed by atoms with Crippen molar-refractivity contribution in [2.75, 3.05) is 12.4 Å². The van der Waals surface area contributed by atoms with Crippen molar-refractivity contribution in [3.05, 3.63) is 59.2 Å². The smallest absolute Gasteiger partial charge is 0.273 e. The first-order chi connectivity index (χ1) is 11.6. The lowest BCUT2D eigenvalue weighted by Crippen LogP contribution is -2.12. The highest BCUT2D eigenvalue weighted by atomic mass is 35.5. The summed E-state index contributed by atoms with van der Waals surface area (Å²) in [5, 5.41) is 19.8. The first-order valence-electron chi connectivity index (χ1n) is 7.06. The lowest BCUT2D eigenvalue weighted by atomic mass is 10.1. The number of hydrogen-bond donors (Lipinski definition) is 3. The van der Waals surface area contributed by atoms with Crippen molar-refractivity contribution in [1.82, 2.24) is 10.2 Å². The number of nitrogens with zero attached hydrogens (tertiary/aromatic N) is 1. The molecule has 0 spiro atoms. The highest BCUT2D eigenvalue weighted by Gasteiger charge is 2.14. The fraction of sp³-hybridized carbons (Fsp3) is 0.0588. The maximum atomic E-state index is 12.3. The molecule has 0 unspecified atom stereocenters. The predicted octanol–water partition coefficient (Wildman–Crippen LogP) is 3.70. The SMILES string of the molecule is COc1cccc(NC(=O)c2cc(-c3cc(Cl)ccc3O)n[nH]2)c1. The Morgan fingerprint density at radius 1 is 1.25 bits per heavy atom. The van der Waals surface area contributed by atoms with Crippen molar-refractivity contribution in [3.8, 4) is 22.8 Å². The molecule has 3 rings (SSSR count). The van der Waals surface area contributed by atoms with Crippen LogP contribution in [0.1, 0.15) is 10.5 Å². The number of halogens is 1. The van der Waals surface area contributed by atoms with E-state index in [1.165, 1.54) is 6.07 Å². The molecular weight excluding hydrogens is 330 g/mol. The minimum absolute atomic E-state index is 0.0330. The third-order valence-electron chi connectivity index (χ3n) is 3.38. The number of benzene rings is 2. The van der Waals surface area contributed by atoms with E-state index in [2.05, 4.69) is 15.5 Å². The Labute approximate surface area is 143 Å². The van der Waals surface area contributed by atoms with E-state index in [0.29, 0.717) is 27.7 Å². The molecule has 0 saturated carbocycles. The van der Waals surface area contributed by atoms with Crippen LogP contribution in [-0.4, -0.2) is 28.3 Å². The van der Waals surface area contributed by atoms with E-state index < -0.39 is 0 Å². The van der Waals surface area contributed by atoms with Crippen LogP contribution in [-0.2, 0) is 0 Å². The van der Waals surface area contributed by atoms with Crippen molar-refractivity contribution < 1.29 is 14.6 Å². The summed E-state index contributed by atoms with van der Waals surface area (Å²) in [4.78, 5) is 12.3. The summed E-state index contributed by atoms with van der Waals surface area (Å²) in [5.74, 6) is 0.316. The number of H-pyrrole nitrogens is 1. The number of carbonyl (C=O) groups is 1. The summed E-state index contributed by atoms with van der Waals surface area (Å²) in [5.41, 5.74) is 1.72. The van der Waals surface area contributed by atoms with Crippen molar-refractivity contribution in [2.24, 2.45) is 0 Å². The van der Waals surface area contributed by atoms with Crippen molar-refractivity contribution >= 4 is 23.2 Å². The minimum atomic E-state index is -0.358. The summed E-state index contributed by atoms with van der Waals surface area (Å²) < 4.78 is 5.12. The Bertz CT molecular complexity index is 892. The summed E-state index contributed by atoms with van der Waals surface area (Å²) in [6.45, 7) is 0. The topological polar surface area (TPSA) is 87.2 Å². The molecule has 0 radical (unpaired) electrons. The van der Waals surface area contributed by atoms with Gasteiger partial charge >= 0.3 is 0 Å². The maximum Gasteiger partial charge on any atom is 0.273 e. The van der Waals surface area contributed by atoms with E-state index >= 15 is 0 Å². The summed E-state index contributed by atoms with van der Waals surface area (Å²) in [7, 11) is 1.56. The van der Waals surface area contributed by atoms with Gasteiger partial charge in [0.1, 0.15) is 17.2 Å². The predicted molar refractivity (Wildman–Crippen MR) is 91.6 cm³/mol. The molecule has 24 heavy (non-hydrogen) atoms. The number of carbonyl (C=O) groups excluding carboxylic acids is 1. The van der Waals surface area contributed by atoms with E-state index in [1.807, 2.05) is 0 Å². The molecule has 0 saturated heterocycles. The van der Waals surface area contributed by atoms with Crippen LogP contribution < -0.4 is 10.1 Å². The van der Waals surface area contributed by atoms with Crippen molar-refractivity contribution in [2.45, 2.75) is 0 Å². The number of hydrogen-bond acceptors (Lipinski definition) is 4. The third kappa shape index (κ3) is 3.33. The fourth-order valence-electron chi connectivity index (χ4n) is 2.19. The number of aromatic amines is 1. The average molecular weight is 344 g/mol. The molecule has 0 bridgehead atoms. The van der Waals surface area contributed by atoms with Gasteiger partial charge in [0.25, 0.3) is 5.91 Å². The van der Waals surface area contributed by atoms with E-state index in [9.17, 15) is 9.90 Å². The van der Waals surface area contributed by atoms with Gasteiger partial charge in [0.2, 0.25) is 0 Å². The van der Waals surface area contributed by atoms with Crippen LogP contribution in [0, 0.1) is 0 Å². The van der Waals surface area contributed by atoms with E-state index in [4.69, 9.17) is 16.3 Å². The standard InChI is InChI=1S/C17H14ClN3O3/c1-24-12-4-2-3-11(8-12)19-17(23)15-9-14(20-21-15)13-7-10(18)5-6-16(13)22/h2-9,22H,1H3,(H,19,23)(H,20,21). The number of aromatic hydroxyl groups is 1. The van der Waals surface area contributed by atoms with Gasteiger partial charge < -0.3 is 15.2 Å². The first kappa shape index (κ1) is 15.9. The second-order valence-electron chi connectivity index (χ2n) is 5.01. The molecule has 0 aliphatic carbocycles. The van der Waals surface area contributed by atoms with Gasteiger partial charge in [-0.3, -0.25) is 9.89 Å². The summed E-state index contributed by atoms with van der Waals surface area (Å²) >= 11 is 5.93. The molecule has 0 fully saturated rings. The normalized spacial score (nSPS) is 10.4. The number of nitrogens with one attached hydrogen (secondary N) is 2. The molecule has 3 N–H and O–H groups in total. The lowest BCUT2D eigenvalue weighted by molar-refractivity contribution is 0.102. The summed E-state index contributed by atoms with van der Waals surface area (Å²) in [6.07, 6.45) is 0. The van der Waals surface area contributed by atoms with Crippen molar-refractivity contribution in [3.63, 3.8) is 0 Å². The number of methoxy groups -OCH3 is 1. The summed E-state index contributed by atoms with van der Waals surface area (Å²) in [6, 6.07) is 13.2. The molecule has 3 aromatic rings. The minimum Gasteiger partial charge on any atom is -0.507 e. The zero-order valence-electron chi connectivity index (χ0n) is 12.7. The third-order valence-corrected chi connectivity index (χ3v) is 3.62. The van der Waals surface area contributed by atoms with E-state index in [-0.39, 0.29) is 17.4 Å². The molecule has 2 aromatic carbocycles. The van der Waals surface area contributed by atoms with Crippen LogP contribution in [0.3, 0.4) is 0 Å². The highest BCUT2D eigenvalue weighted by molar-refractivity contribution is 6.31. The fourth-order valence-corrected chi connectivity index (χ4v) is 2.36. The van der Waals surface area contributed by atoms with E-state index in [1.54, 1.807) is 49.6 Å². The number of amides is 1. The van der Waals surface area contributed by atoms with Gasteiger partial charge in [0.05, 0.1) is 12.8 Å². The first-order valence-corrected chi connectivity index (χ1v) is 7.44. The van der Waals surface area contributed by atoms with Crippen LogP contribution in [0.2, 0.25) is 5.02 Å². The quantitative estimate of drug-likeness (QED) is 0.674. The second kappa shape index (κ2) is 6.64. The Balaban J connectivity index is 1.82. The number of rotatable bonds is 4. The molecule has 122 valence electrons. The molecule has 1 amide bonds. The molecule has 1 heterocycles. The van der Waals surface area contributed by atoms with Gasteiger partial charge in [-0.15, -0.1) is 0 Å². The van der Waals surface area contributed by atoms with Gasteiger partial charge in [0.15, 0.2) is 0 Å². The van der Waals surface area contributed by atoms with Crippen LogP contribution >= 0.6 is 11.6 Å². The largest absolute Gasteiger partial charge is 0.507 e. The van der Waals surface area contributed by atoms with Crippen LogP contribution in [0.15, 0.2) is 48.5 Å². The number of aromatic nitrogens is 2.